The van der Waals surface area contributed by atoms with Crippen molar-refractivity contribution >= 4 is 0 Å². The fourth-order valence-corrected chi connectivity index (χ4v) is 2.75. The van der Waals surface area contributed by atoms with Crippen molar-refractivity contribution in [1.29, 1.82) is 0 Å². The van der Waals surface area contributed by atoms with Crippen LogP contribution in [0.3, 0.4) is 0 Å². The molecule has 1 saturated heterocycles. The van der Waals surface area contributed by atoms with Crippen LogP contribution in [0.15, 0.2) is 30.3 Å². The highest BCUT2D eigenvalue weighted by Crippen LogP contribution is 2.19. The molecule has 1 atom stereocenters. The maximum absolute atomic E-state index is 9.09. The highest BCUT2D eigenvalue weighted by atomic mass is 16.3. The first-order valence-corrected chi connectivity index (χ1v) is 6.79. The molecule has 0 spiro atoms. The molecule has 0 radical (unpaired) electrons. The van der Waals surface area contributed by atoms with Crippen molar-refractivity contribution in [3.63, 3.8) is 0 Å². The van der Waals surface area contributed by atoms with Crippen LogP contribution in [0.25, 0.3) is 0 Å². The number of nitrogens with zero attached hydrogens (tertiary/aromatic N) is 1. The Morgan fingerprint density at radius 2 is 2.00 bits per heavy atom. The highest BCUT2D eigenvalue weighted by molar-refractivity contribution is 5.14. The van der Waals surface area contributed by atoms with Gasteiger partial charge in [-0.2, -0.15) is 0 Å². The van der Waals surface area contributed by atoms with Gasteiger partial charge in [0.2, 0.25) is 0 Å². The summed E-state index contributed by atoms with van der Waals surface area (Å²) in [5.74, 6) is 0. The standard InChI is InChI=1S/C15H23NO/c17-13-10-15-8-4-5-11-16(15)12-9-14-6-2-1-3-7-14/h1-3,6-7,15,17H,4-5,8-13H2/t15-/m1/s1. The number of rotatable bonds is 5. The third-order valence-corrected chi connectivity index (χ3v) is 3.74. The molecule has 1 N–H and O–H groups in total. The predicted molar refractivity (Wildman–Crippen MR) is 71.1 cm³/mol. The van der Waals surface area contributed by atoms with E-state index in [1.54, 1.807) is 0 Å². The van der Waals surface area contributed by atoms with E-state index in [4.69, 9.17) is 5.11 Å². The van der Waals surface area contributed by atoms with Gasteiger partial charge in [-0.25, -0.2) is 0 Å². The molecule has 1 fully saturated rings. The lowest BCUT2D eigenvalue weighted by Crippen LogP contribution is -2.41. The van der Waals surface area contributed by atoms with Gasteiger partial charge in [0.1, 0.15) is 0 Å². The Morgan fingerprint density at radius 3 is 2.76 bits per heavy atom. The number of hydrogen-bond donors (Lipinski definition) is 1. The first-order valence-electron chi connectivity index (χ1n) is 6.79. The van der Waals surface area contributed by atoms with Gasteiger partial charge < -0.3 is 5.11 Å². The molecule has 0 aliphatic carbocycles. The van der Waals surface area contributed by atoms with E-state index in [0.717, 1.165) is 19.4 Å². The van der Waals surface area contributed by atoms with Crippen LogP contribution in [0.2, 0.25) is 0 Å². The predicted octanol–water partition coefficient (Wildman–Crippen LogP) is 2.47. The Morgan fingerprint density at radius 1 is 1.18 bits per heavy atom. The Kier molecular flexibility index (Phi) is 5.02. The molecule has 1 aromatic rings. The average Bonchev–Trinajstić information content (AvgIpc) is 2.39. The summed E-state index contributed by atoms with van der Waals surface area (Å²) in [6.07, 6.45) is 5.97. The van der Waals surface area contributed by atoms with Crippen LogP contribution in [0, 0.1) is 0 Å². The number of aliphatic hydroxyl groups excluding tert-OH is 1. The van der Waals surface area contributed by atoms with E-state index in [9.17, 15) is 0 Å². The zero-order valence-corrected chi connectivity index (χ0v) is 10.5. The van der Waals surface area contributed by atoms with E-state index in [2.05, 4.69) is 35.2 Å². The van der Waals surface area contributed by atoms with Crippen molar-refractivity contribution in [1.82, 2.24) is 4.90 Å². The zero-order chi connectivity index (χ0) is 11.9. The van der Waals surface area contributed by atoms with Crippen molar-refractivity contribution in [3.8, 4) is 0 Å². The normalized spacial score (nSPS) is 21.6. The lowest BCUT2D eigenvalue weighted by atomic mass is 9.99. The fraction of sp³-hybridized carbons (Fsp3) is 0.600. The van der Waals surface area contributed by atoms with E-state index in [-0.39, 0.29) is 0 Å². The number of likely N-dealkylation sites (tertiary alicyclic amines) is 1. The number of aliphatic hydroxyl groups is 1. The van der Waals surface area contributed by atoms with E-state index >= 15 is 0 Å². The van der Waals surface area contributed by atoms with Crippen molar-refractivity contribution < 1.29 is 5.11 Å². The summed E-state index contributed by atoms with van der Waals surface area (Å²) in [5, 5.41) is 9.09. The minimum Gasteiger partial charge on any atom is -0.396 e. The molecule has 1 aliphatic rings. The van der Waals surface area contributed by atoms with Crippen molar-refractivity contribution in [3.05, 3.63) is 35.9 Å². The van der Waals surface area contributed by atoms with Crippen molar-refractivity contribution in [2.24, 2.45) is 0 Å². The molecule has 0 amide bonds. The van der Waals surface area contributed by atoms with Gasteiger partial charge in [0.25, 0.3) is 0 Å². The minimum atomic E-state index is 0.326. The number of piperidine rings is 1. The molecule has 0 saturated carbocycles. The molecule has 0 bridgehead atoms. The van der Waals surface area contributed by atoms with Gasteiger partial charge >= 0.3 is 0 Å². The van der Waals surface area contributed by atoms with Crippen LogP contribution in [-0.4, -0.2) is 35.7 Å². The van der Waals surface area contributed by atoms with Crippen LogP contribution in [0.1, 0.15) is 31.2 Å². The van der Waals surface area contributed by atoms with E-state index < -0.39 is 0 Å². The summed E-state index contributed by atoms with van der Waals surface area (Å²) >= 11 is 0. The van der Waals surface area contributed by atoms with Crippen molar-refractivity contribution in [2.75, 3.05) is 19.7 Å². The van der Waals surface area contributed by atoms with Gasteiger partial charge in [-0.15, -0.1) is 0 Å². The maximum atomic E-state index is 9.09. The lowest BCUT2D eigenvalue weighted by molar-refractivity contribution is 0.120. The Bertz CT molecular complexity index is 310. The molecule has 1 heterocycles. The molecule has 0 unspecified atom stereocenters. The van der Waals surface area contributed by atoms with Gasteiger partial charge in [-0.05, 0) is 37.8 Å². The molecule has 94 valence electrons. The molecule has 2 rings (SSSR count). The molecule has 2 heteroatoms. The smallest absolute Gasteiger partial charge is 0.0445 e. The molecule has 1 aliphatic heterocycles. The quantitative estimate of drug-likeness (QED) is 0.844. The summed E-state index contributed by atoms with van der Waals surface area (Å²) in [6, 6.07) is 11.3. The SMILES string of the molecule is OCC[C@H]1CCCCN1CCc1ccccc1. The van der Waals surface area contributed by atoms with Gasteiger partial charge in [0, 0.05) is 19.2 Å². The summed E-state index contributed by atoms with van der Waals surface area (Å²) in [4.78, 5) is 2.56. The van der Waals surface area contributed by atoms with Gasteiger partial charge in [0.15, 0.2) is 0 Å². The highest BCUT2D eigenvalue weighted by Gasteiger charge is 2.21. The second-order valence-electron chi connectivity index (χ2n) is 4.93. The second kappa shape index (κ2) is 6.77. The summed E-state index contributed by atoms with van der Waals surface area (Å²) in [7, 11) is 0. The second-order valence-corrected chi connectivity index (χ2v) is 4.93. The number of benzene rings is 1. The third kappa shape index (κ3) is 3.83. The van der Waals surface area contributed by atoms with E-state index in [1.165, 1.54) is 31.4 Å². The molecule has 0 aromatic heterocycles. The summed E-state index contributed by atoms with van der Waals surface area (Å²) < 4.78 is 0. The minimum absolute atomic E-state index is 0.326. The Hall–Kier alpha value is -0.860. The molecule has 2 nitrogen and oxygen atoms in total. The Labute approximate surface area is 104 Å². The topological polar surface area (TPSA) is 23.5 Å². The third-order valence-electron chi connectivity index (χ3n) is 3.74. The lowest BCUT2D eigenvalue weighted by Gasteiger charge is -2.35. The monoisotopic (exact) mass is 233 g/mol. The molecular formula is C15H23NO. The first-order chi connectivity index (χ1) is 8.40. The van der Waals surface area contributed by atoms with Crippen LogP contribution >= 0.6 is 0 Å². The van der Waals surface area contributed by atoms with Crippen LogP contribution in [0.5, 0.6) is 0 Å². The van der Waals surface area contributed by atoms with Crippen LogP contribution in [-0.2, 0) is 6.42 Å². The molecule has 17 heavy (non-hydrogen) atoms. The van der Waals surface area contributed by atoms with Gasteiger partial charge in [-0.3, -0.25) is 4.90 Å². The summed E-state index contributed by atoms with van der Waals surface area (Å²) in [5.41, 5.74) is 1.42. The van der Waals surface area contributed by atoms with E-state index in [1.807, 2.05) is 0 Å². The van der Waals surface area contributed by atoms with Gasteiger partial charge in [-0.1, -0.05) is 36.8 Å². The number of hydrogen-bond acceptors (Lipinski definition) is 2. The largest absolute Gasteiger partial charge is 0.396 e. The van der Waals surface area contributed by atoms with Gasteiger partial charge in [0.05, 0.1) is 0 Å². The van der Waals surface area contributed by atoms with Crippen molar-refractivity contribution in [2.45, 2.75) is 38.1 Å². The maximum Gasteiger partial charge on any atom is 0.0445 e. The molecular weight excluding hydrogens is 210 g/mol. The summed E-state index contributed by atoms with van der Waals surface area (Å²) in [6.45, 7) is 2.67. The van der Waals surface area contributed by atoms with Crippen LogP contribution in [0.4, 0.5) is 0 Å². The molecule has 1 aromatic carbocycles. The first kappa shape index (κ1) is 12.6. The average molecular weight is 233 g/mol. The zero-order valence-electron chi connectivity index (χ0n) is 10.5. The van der Waals surface area contributed by atoms with E-state index in [0.29, 0.717) is 12.6 Å². The fourth-order valence-electron chi connectivity index (χ4n) is 2.75. The van der Waals surface area contributed by atoms with Crippen LogP contribution < -0.4 is 0 Å². The Balaban J connectivity index is 1.84.